The third kappa shape index (κ3) is 3.72. The number of aromatic amines is 1. The van der Waals surface area contributed by atoms with Crippen LogP contribution in [0.2, 0.25) is 0 Å². The van der Waals surface area contributed by atoms with Gasteiger partial charge in [-0.3, -0.25) is 14.6 Å². The molecular formula is C16H24N4O3. The molecule has 3 rings (SSSR count). The van der Waals surface area contributed by atoms with Crippen molar-refractivity contribution in [2.24, 2.45) is 0 Å². The normalized spacial score (nSPS) is 24.2. The van der Waals surface area contributed by atoms with Gasteiger partial charge in [0.15, 0.2) is 0 Å². The van der Waals surface area contributed by atoms with E-state index in [1.54, 1.807) is 11.0 Å². The molecule has 0 saturated carbocycles. The van der Waals surface area contributed by atoms with E-state index < -0.39 is 0 Å². The zero-order valence-corrected chi connectivity index (χ0v) is 13.7. The van der Waals surface area contributed by atoms with Gasteiger partial charge in [-0.1, -0.05) is 0 Å². The van der Waals surface area contributed by atoms with Gasteiger partial charge in [-0.25, -0.2) is 4.98 Å². The van der Waals surface area contributed by atoms with Crippen LogP contribution in [0.1, 0.15) is 37.3 Å². The second-order valence-electron chi connectivity index (χ2n) is 6.55. The van der Waals surface area contributed by atoms with Gasteiger partial charge in [0.25, 0.3) is 5.56 Å². The molecule has 1 N–H and O–H groups in total. The van der Waals surface area contributed by atoms with E-state index >= 15 is 0 Å². The molecule has 3 heterocycles. The number of aromatic nitrogens is 2. The number of hydrogen-bond acceptors (Lipinski definition) is 5. The number of nitrogens with zero attached hydrogens (tertiary/aromatic N) is 3. The molecule has 126 valence electrons. The molecule has 2 atom stereocenters. The summed E-state index contributed by atoms with van der Waals surface area (Å²) in [5.41, 5.74) is 0.618. The van der Waals surface area contributed by atoms with E-state index in [1.165, 1.54) is 0 Å². The third-order valence-electron chi connectivity index (χ3n) is 4.56. The van der Waals surface area contributed by atoms with Gasteiger partial charge in [0.05, 0.1) is 18.2 Å². The summed E-state index contributed by atoms with van der Waals surface area (Å²) >= 11 is 0. The number of anilines is 1. The average molecular weight is 320 g/mol. The van der Waals surface area contributed by atoms with Crippen LogP contribution in [-0.4, -0.2) is 60.7 Å². The maximum Gasteiger partial charge on any atom is 0.252 e. The fraction of sp³-hybridized carbons (Fsp3) is 0.688. The summed E-state index contributed by atoms with van der Waals surface area (Å²) < 4.78 is 5.54. The van der Waals surface area contributed by atoms with Gasteiger partial charge in [0.1, 0.15) is 0 Å². The summed E-state index contributed by atoms with van der Waals surface area (Å²) in [4.78, 5) is 35.1. The van der Waals surface area contributed by atoms with Gasteiger partial charge in [-0.2, -0.15) is 0 Å². The quantitative estimate of drug-likeness (QED) is 0.884. The minimum Gasteiger partial charge on any atom is -0.378 e. The van der Waals surface area contributed by atoms with Crippen molar-refractivity contribution < 1.29 is 9.53 Å². The molecule has 2 aliphatic rings. The van der Waals surface area contributed by atoms with Gasteiger partial charge in [0, 0.05) is 45.8 Å². The van der Waals surface area contributed by atoms with Crippen LogP contribution >= 0.6 is 0 Å². The number of carbonyl (C=O) groups is 1. The van der Waals surface area contributed by atoms with Crippen LogP contribution < -0.4 is 10.5 Å². The molecule has 1 aromatic heterocycles. The SMILES string of the molecule is CN(C)c1nc([C@@H]2CCN(C(=O)C[C@H]3CCCO3)C2)cc(=O)[nH]1. The highest BCUT2D eigenvalue weighted by atomic mass is 16.5. The van der Waals surface area contributed by atoms with Crippen molar-refractivity contribution in [1.82, 2.24) is 14.9 Å². The average Bonchev–Trinajstić information content (AvgIpc) is 3.17. The van der Waals surface area contributed by atoms with Gasteiger partial charge in [-0.05, 0) is 19.3 Å². The van der Waals surface area contributed by atoms with Crippen molar-refractivity contribution in [3.05, 3.63) is 22.1 Å². The molecule has 2 saturated heterocycles. The van der Waals surface area contributed by atoms with Crippen molar-refractivity contribution in [3.8, 4) is 0 Å². The van der Waals surface area contributed by atoms with Crippen LogP contribution in [0.3, 0.4) is 0 Å². The molecular weight excluding hydrogens is 296 g/mol. The maximum atomic E-state index is 12.4. The smallest absolute Gasteiger partial charge is 0.252 e. The van der Waals surface area contributed by atoms with E-state index in [0.717, 1.165) is 38.1 Å². The number of nitrogens with one attached hydrogen (secondary N) is 1. The van der Waals surface area contributed by atoms with E-state index in [1.807, 2.05) is 19.0 Å². The standard InChI is InChI=1S/C16H24N4O3/c1-19(2)16-17-13(9-14(21)18-16)11-5-6-20(10-11)15(22)8-12-4-3-7-23-12/h9,11-12H,3-8,10H2,1-2H3,(H,17,18,21)/t11-,12-/m1/s1. The Kier molecular flexibility index (Phi) is 4.66. The van der Waals surface area contributed by atoms with E-state index in [2.05, 4.69) is 9.97 Å². The second kappa shape index (κ2) is 6.70. The van der Waals surface area contributed by atoms with E-state index in [0.29, 0.717) is 18.9 Å². The Balaban J connectivity index is 1.65. The van der Waals surface area contributed by atoms with Crippen molar-refractivity contribution in [1.29, 1.82) is 0 Å². The Labute approximate surface area is 135 Å². The summed E-state index contributed by atoms with van der Waals surface area (Å²) in [5.74, 6) is 0.832. The molecule has 2 aliphatic heterocycles. The molecule has 0 radical (unpaired) electrons. The predicted molar refractivity (Wildman–Crippen MR) is 86.7 cm³/mol. The lowest BCUT2D eigenvalue weighted by Gasteiger charge is -2.19. The molecule has 0 unspecified atom stereocenters. The molecule has 7 heteroatoms. The molecule has 1 amide bonds. The second-order valence-corrected chi connectivity index (χ2v) is 6.55. The van der Waals surface area contributed by atoms with E-state index in [9.17, 15) is 9.59 Å². The zero-order chi connectivity index (χ0) is 16.4. The van der Waals surface area contributed by atoms with E-state index in [4.69, 9.17) is 4.74 Å². The molecule has 0 spiro atoms. The van der Waals surface area contributed by atoms with Gasteiger partial charge in [-0.15, -0.1) is 0 Å². The molecule has 7 nitrogen and oxygen atoms in total. The third-order valence-corrected chi connectivity index (χ3v) is 4.56. The van der Waals surface area contributed by atoms with Gasteiger partial charge >= 0.3 is 0 Å². The van der Waals surface area contributed by atoms with Gasteiger partial charge in [0.2, 0.25) is 11.9 Å². The molecule has 0 aliphatic carbocycles. The minimum atomic E-state index is -0.150. The van der Waals surface area contributed by atoms with Crippen molar-refractivity contribution in [2.75, 3.05) is 38.7 Å². The monoisotopic (exact) mass is 320 g/mol. The lowest BCUT2D eigenvalue weighted by Crippen LogP contribution is -2.31. The molecule has 0 bridgehead atoms. The summed E-state index contributed by atoms with van der Waals surface area (Å²) in [5, 5.41) is 0. The van der Waals surface area contributed by atoms with Crippen LogP contribution in [0.25, 0.3) is 0 Å². The Morgan fingerprint density at radius 1 is 1.48 bits per heavy atom. The number of carbonyl (C=O) groups excluding carboxylic acids is 1. The summed E-state index contributed by atoms with van der Waals surface area (Å²) in [6.45, 7) is 2.13. The predicted octanol–water partition coefficient (Wildman–Crippen LogP) is 0.721. The number of amides is 1. The summed E-state index contributed by atoms with van der Waals surface area (Å²) in [7, 11) is 3.68. The lowest BCUT2D eigenvalue weighted by atomic mass is 10.0. The Hall–Kier alpha value is -1.89. The molecule has 1 aromatic rings. The number of rotatable bonds is 4. The number of H-pyrrole nitrogens is 1. The van der Waals surface area contributed by atoms with Crippen molar-refractivity contribution in [2.45, 2.75) is 37.7 Å². The first-order valence-corrected chi connectivity index (χ1v) is 8.21. The first kappa shape index (κ1) is 16.0. The fourth-order valence-electron chi connectivity index (χ4n) is 3.24. The number of likely N-dealkylation sites (tertiary alicyclic amines) is 1. The van der Waals surface area contributed by atoms with Crippen LogP contribution in [0.5, 0.6) is 0 Å². The highest BCUT2D eigenvalue weighted by molar-refractivity contribution is 5.77. The number of hydrogen-bond donors (Lipinski definition) is 1. The van der Waals surface area contributed by atoms with Crippen molar-refractivity contribution in [3.63, 3.8) is 0 Å². The Morgan fingerprint density at radius 3 is 3.00 bits per heavy atom. The molecule has 2 fully saturated rings. The highest BCUT2D eigenvalue weighted by Gasteiger charge is 2.30. The topological polar surface area (TPSA) is 78.5 Å². The number of ether oxygens (including phenoxy) is 1. The van der Waals surface area contributed by atoms with Crippen LogP contribution in [0, 0.1) is 0 Å². The highest BCUT2D eigenvalue weighted by Crippen LogP contribution is 2.27. The minimum absolute atomic E-state index is 0.0830. The first-order valence-electron chi connectivity index (χ1n) is 8.21. The molecule has 23 heavy (non-hydrogen) atoms. The fourth-order valence-corrected chi connectivity index (χ4v) is 3.24. The zero-order valence-electron chi connectivity index (χ0n) is 13.7. The Morgan fingerprint density at radius 2 is 2.30 bits per heavy atom. The summed E-state index contributed by atoms with van der Waals surface area (Å²) in [6.07, 6.45) is 3.42. The summed E-state index contributed by atoms with van der Waals surface area (Å²) in [6, 6.07) is 1.55. The van der Waals surface area contributed by atoms with Gasteiger partial charge < -0.3 is 14.5 Å². The lowest BCUT2D eigenvalue weighted by molar-refractivity contribution is -0.132. The van der Waals surface area contributed by atoms with Crippen molar-refractivity contribution >= 4 is 11.9 Å². The largest absolute Gasteiger partial charge is 0.378 e. The molecule has 0 aromatic carbocycles. The Bertz CT molecular complexity index is 622. The van der Waals surface area contributed by atoms with Crippen LogP contribution in [0.4, 0.5) is 5.95 Å². The first-order chi connectivity index (χ1) is 11.0. The van der Waals surface area contributed by atoms with Crippen LogP contribution in [-0.2, 0) is 9.53 Å². The van der Waals surface area contributed by atoms with Crippen LogP contribution in [0.15, 0.2) is 10.9 Å². The maximum absolute atomic E-state index is 12.4. The van der Waals surface area contributed by atoms with E-state index in [-0.39, 0.29) is 23.5 Å².